The molecular weight excluding hydrogens is 212 g/mol. The van der Waals surface area contributed by atoms with Gasteiger partial charge in [0.05, 0.1) is 0 Å². The molecule has 0 bridgehead atoms. The zero-order valence-corrected chi connectivity index (χ0v) is 6.51. The second kappa shape index (κ2) is 17.5. The van der Waals surface area contributed by atoms with Crippen LogP contribution < -0.4 is 0 Å². The van der Waals surface area contributed by atoms with Crippen LogP contribution in [0, 0.1) is 0 Å². The summed E-state index contributed by atoms with van der Waals surface area (Å²) in [4.78, 5) is 26.6. The van der Waals surface area contributed by atoms with Crippen LogP contribution >= 0.6 is 0 Å². The van der Waals surface area contributed by atoms with Crippen molar-refractivity contribution in [2.24, 2.45) is 0 Å². The topological polar surface area (TPSA) is 132 Å². The Kier molecular flexibility index (Phi) is 30.8. The SMILES string of the molecule is CC(=O)O.CC(=O)O.O=C(O)O.[CaH2]. The van der Waals surface area contributed by atoms with Crippen molar-refractivity contribution in [2.75, 3.05) is 0 Å². The number of rotatable bonds is 0. The summed E-state index contributed by atoms with van der Waals surface area (Å²) in [7, 11) is 0. The molecule has 0 unspecified atom stereocenters. The molecule has 4 N–H and O–H groups in total. The second-order valence-corrected chi connectivity index (χ2v) is 1.32. The van der Waals surface area contributed by atoms with Crippen LogP contribution in [0.4, 0.5) is 4.79 Å². The first-order chi connectivity index (χ1) is 5.20. The fraction of sp³-hybridized carbons (Fsp3) is 0.400. The molecule has 8 heteroatoms. The molecule has 0 aliphatic rings. The molecule has 13 heavy (non-hydrogen) atoms. The Labute approximate surface area is 104 Å². The van der Waals surface area contributed by atoms with Gasteiger partial charge in [-0.1, -0.05) is 0 Å². The zero-order chi connectivity index (χ0) is 10.7. The van der Waals surface area contributed by atoms with Crippen LogP contribution in [0.3, 0.4) is 0 Å². The van der Waals surface area contributed by atoms with Crippen LogP contribution in [0.25, 0.3) is 0 Å². The summed E-state index contributed by atoms with van der Waals surface area (Å²) in [5.41, 5.74) is 0. The van der Waals surface area contributed by atoms with Gasteiger partial charge in [-0.2, -0.15) is 0 Å². The number of hydrogen-bond acceptors (Lipinski definition) is 3. The molecule has 0 fully saturated rings. The van der Waals surface area contributed by atoms with Gasteiger partial charge in [-0.15, -0.1) is 0 Å². The summed E-state index contributed by atoms with van der Waals surface area (Å²) in [6, 6.07) is 0. The van der Waals surface area contributed by atoms with Crippen molar-refractivity contribution in [3.05, 3.63) is 0 Å². The van der Waals surface area contributed by atoms with E-state index in [9.17, 15) is 0 Å². The maximum atomic E-state index is 9.00. The van der Waals surface area contributed by atoms with Crippen molar-refractivity contribution in [2.45, 2.75) is 13.8 Å². The normalized spacial score (nSPS) is 5.69. The van der Waals surface area contributed by atoms with E-state index in [1.54, 1.807) is 0 Å². The summed E-state index contributed by atoms with van der Waals surface area (Å²) < 4.78 is 0. The van der Waals surface area contributed by atoms with E-state index >= 15 is 0 Å². The Morgan fingerprint density at radius 2 is 0.769 bits per heavy atom. The first-order valence-electron chi connectivity index (χ1n) is 2.51. The minimum atomic E-state index is -1.83. The van der Waals surface area contributed by atoms with Crippen molar-refractivity contribution < 1.29 is 34.8 Å². The van der Waals surface area contributed by atoms with Gasteiger partial charge in [-0.25, -0.2) is 4.79 Å². The molecule has 0 aliphatic heterocycles. The van der Waals surface area contributed by atoms with Crippen molar-refractivity contribution in [3.63, 3.8) is 0 Å². The molecule has 0 aromatic heterocycles. The van der Waals surface area contributed by atoms with Crippen molar-refractivity contribution in [3.8, 4) is 0 Å². The van der Waals surface area contributed by atoms with E-state index in [1.165, 1.54) is 0 Å². The third-order valence-electron chi connectivity index (χ3n) is 0. The zero-order valence-electron chi connectivity index (χ0n) is 6.51. The van der Waals surface area contributed by atoms with Crippen LogP contribution in [-0.2, 0) is 9.59 Å². The van der Waals surface area contributed by atoms with E-state index in [4.69, 9.17) is 34.8 Å². The Balaban J connectivity index is -0.0000000450. The predicted octanol–water partition coefficient (Wildman–Crippen LogP) is -0.512. The average molecular weight is 224 g/mol. The van der Waals surface area contributed by atoms with Gasteiger partial charge in [0.1, 0.15) is 0 Å². The summed E-state index contributed by atoms with van der Waals surface area (Å²) in [6.45, 7) is 2.17. The van der Waals surface area contributed by atoms with Crippen LogP contribution in [0.15, 0.2) is 0 Å². The molecule has 76 valence electrons. The van der Waals surface area contributed by atoms with E-state index in [-0.39, 0.29) is 37.7 Å². The molecule has 0 spiro atoms. The summed E-state index contributed by atoms with van der Waals surface area (Å²) in [6.07, 6.45) is -1.83. The fourth-order valence-corrected chi connectivity index (χ4v) is 0. The van der Waals surface area contributed by atoms with E-state index < -0.39 is 18.1 Å². The standard InChI is InChI=1S/2C2H4O2.CH2O3.Ca.2H/c2*1-2(3)4;2-1(3)4;;;/h2*1H3,(H,3,4);(H2,2,3,4);;;. The minimum absolute atomic E-state index is 0. The monoisotopic (exact) mass is 224 g/mol. The van der Waals surface area contributed by atoms with Crippen LogP contribution in [0.5, 0.6) is 0 Å². The number of hydrogen-bond donors (Lipinski definition) is 4. The summed E-state index contributed by atoms with van der Waals surface area (Å²) >= 11 is 0. The van der Waals surface area contributed by atoms with Gasteiger partial charge in [0, 0.05) is 13.8 Å². The summed E-state index contributed by atoms with van der Waals surface area (Å²) in [5, 5.41) is 28.8. The van der Waals surface area contributed by atoms with Gasteiger partial charge < -0.3 is 20.4 Å². The Morgan fingerprint density at radius 1 is 0.769 bits per heavy atom. The molecule has 0 aliphatic carbocycles. The predicted molar refractivity (Wildman–Crippen MR) is 45.8 cm³/mol. The van der Waals surface area contributed by atoms with Crippen LogP contribution in [0.1, 0.15) is 13.8 Å². The van der Waals surface area contributed by atoms with Gasteiger partial charge in [-0.3, -0.25) is 9.59 Å². The Hall–Kier alpha value is -0.530. The second-order valence-electron chi connectivity index (χ2n) is 1.32. The average Bonchev–Trinajstić information content (AvgIpc) is 1.54. The van der Waals surface area contributed by atoms with Gasteiger partial charge in [0.25, 0.3) is 11.9 Å². The van der Waals surface area contributed by atoms with Gasteiger partial charge >= 0.3 is 43.9 Å². The third kappa shape index (κ3) is 3660. The number of carboxylic acid groups (broad SMARTS) is 4. The molecule has 0 heterocycles. The van der Waals surface area contributed by atoms with Crippen LogP contribution in [-0.4, -0.2) is 76.3 Å². The molecule has 0 aromatic carbocycles. The first-order valence-corrected chi connectivity index (χ1v) is 2.51. The van der Waals surface area contributed by atoms with E-state index in [0.29, 0.717) is 0 Å². The van der Waals surface area contributed by atoms with Crippen molar-refractivity contribution in [1.82, 2.24) is 0 Å². The molecule has 0 saturated carbocycles. The quantitative estimate of drug-likeness (QED) is 0.407. The van der Waals surface area contributed by atoms with E-state index in [0.717, 1.165) is 13.8 Å². The summed E-state index contributed by atoms with van der Waals surface area (Å²) in [5.74, 6) is -1.67. The Morgan fingerprint density at radius 3 is 0.769 bits per heavy atom. The molecule has 0 rings (SSSR count). The number of carboxylic acids is 2. The first kappa shape index (κ1) is 22.9. The number of carbonyl (C=O) groups is 3. The molecule has 0 atom stereocenters. The van der Waals surface area contributed by atoms with Crippen LogP contribution in [0.2, 0.25) is 0 Å². The van der Waals surface area contributed by atoms with Crippen molar-refractivity contribution >= 4 is 55.8 Å². The van der Waals surface area contributed by atoms with Crippen molar-refractivity contribution in [1.29, 1.82) is 0 Å². The molecule has 0 amide bonds. The van der Waals surface area contributed by atoms with Gasteiger partial charge in [0.2, 0.25) is 0 Å². The number of aliphatic carboxylic acids is 2. The fourth-order valence-electron chi connectivity index (χ4n) is 0. The van der Waals surface area contributed by atoms with E-state index in [2.05, 4.69) is 0 Å². The molecule has 0 aromatic rings. The third-order valence-corrected chi connectivity index (χ3v) is 0. The molecule has 0 radical (unpaired) electrons. The van der Waals surface area contributed by atoms with E-state index in [1.807, 2.05) is 0 Å². The van der Waals surface area contributed by atoms with Gasteiger partial charge in [-0.05, 0) is 0 Å². The molecule has 7 nitrogen and oxygen atoms in total. The maximum absolute atomic E-state index is 9.00. The molecular formula is C5H12CaO7. The molecule has 0 saturated heterocycles. The van der Waals surface area contributed by atoms with Gasteiger partial charge in [0.15, 0.2) is 0 Å². The Bertz CT molecular complexity index is 114.